The summed E-state index contributed by atoms with van der Waals surface area (Å²) in [7, 11) is 0. The van der Waals surface area contributed by atoms with Crippen molar-refractivity contribution in [2.24, 2.45) is 0 Å². The smallest absolute Gasteiger partial charge is 0.252 e. The van der Waals surface area contributed by atoms with Crippen molar-refractivity contribution in [3.63, 3.8) is 0 Å². The van der Waals surface area contributed by atoms with Gasteiger partial charge in [0.2, 0.25) is 0 Å². The average molecular weight is 403 g/mol. The second-order valence-corrected chi connectivity index (χ2v) is 7.99. The zero-order chi connectivity index (χ0) is 20.8. The number of hydrogen-bond donors (Lipinski definition) is 1. The van der Waals surface area contributed by atoms with Crippen LogP contribution in [0.4, 0.5) is 0 Å². The molecule has 1 aromatic carbocycles. The van der Waals surface area contributed by atoms with Gasteiger partial charge in [-0.05, 0) is 56.5 Å². The number of benzene rings is 1. The zero-order valence-electron chi connectivity index (χ0n) is 17.7. The number of fused-ring (bicyclic) bond motifs is 1. The highest BCUT2D eigenvalue weighted by Gasteiger charge is 2.20. The van der Waals surface area contributed by atoms with E-state index in [4.69, 9.17) is 4.98 Å². The minimum absolute atomic E-state index is 0.0449. The molecule has 5 nitrogen and oxygen atoms in total. The Hall–Kier alpha value is -2.79. The molecule has 3 aromatic rings. The number of para-hydroxylation sites is 1. The van der Waals surface area contributed by atoms with Crippen molar-refractivity contribution in [1.82, 2.24) is 20.2 Å². The van der Waals surface area contributed by atoms with Crippen LogP contribution in [0.3, 0.4) is 0 Å². The van der Waals surface area contributed by atoms with Gasteiger partial charge < -0.3 is 10.2 Å². The van der Waals surface area contributed by atoms with Crippen molar-refractivity contribution in [2.75, 3.05) is 19.6 Å². The quantitative estimate of drug-likeness (QED) is 0.583. The van der Waals surface area contributed by atoms with E-state index in [1.165, 1.54) is 32.2 Å². The molecule has 0 radical (unpaired) electrons. The molecule has 30 heavy (non-hydrogen) atoms. The summed E-state index contributed by atoms with van der Waals surface area (Å²) in [5.74, 6) is -0.0449. The molecule has 1 aliphatic rings. The lowest BCUT2D eigenvalue weighted by Crippen LogP contribution is -2.40. The van der Waals surface area contributed by atoms with Crippen LogP contribution in [0.5, 0.6) is 0 Å². The lowest BCUT2D eigenvalue weighted by Gasteiger charge is -2.35. The standard InChI is InChI=1S/C25H30N4O/c1-2-19-10-6-8-16-29(19)17-9-15-27-25(30)21-18-24(23-13-5-7-14-26-23)28-22-12-4-3-11-20(21)22/h3-5,7,11-14,18-19H,2,6,8-10,15-17H2,1H3,(H,27,30)/t19-/m1/s1. The molecule has 1 saturated heterocycles. The molecule has 1 N–H and O–H groups in total. The van der Waals surface area contributed by atoms with Gasteiger partial charge in [-0.2, -0.15) is 0 Å². The fourth-order valence-corrected chi connectivity index (χ4v) is 4.40. The van der Waals surface area contributed by atoms with Gasteiger partial charge in [-0.15, -0.1) is 0 Å². The molecule has 3 heterocycles. The fraction of sp³-hybridized carbons (Fsp3) is 0.400. The summed E-state index contributed by atoms with van der Waals surface area (Å²) < 4.78 is 0. The monoisotopic (exact) mass is 402 g/mol. The molecule has 5 heteroatoms. The Morgan fingerprint density at radius 3 is 2.83 bits per heavy atom. The Labute approximate surface area is 178 Å². The number of pyridine rings is 2. The normalized spacial score (nSPS) is 17.2. The van der Waals surface area contributed by atoms with Gasteiger partial charge in [0, 0.05) is 30.7 Å². The van der Waals surface area contributed by atoms with E-state index >= 15 is 0 Å². The van der Waals surface area contributed by atoms with E-state index in [2.05, 4.69) is 22.1 Å². The third-order valence-corrected chi connectivity index (χ3v) is 6.02. The molecule has 0 bridgehead atoms. The van der Waals surface area contributed by atoms with Crippen molar-refractivity contribution in [1.29, 1.82) is 0 Å². The first-order valence-corrected chi connectivity index (χ1v) is 11.1. The van der Waals surface area contributed by atoms with Crippen LogP contribution in [-0.2, 0) is 0 Å². The van der Waals surface area contributed by atoms with Crippen LogP contribution in [0.15, 0.2) is 54.7 Å². The maximum atomic E-state index is 13.0. The Balaban J connectivity index is 1.46. The van der Waals surface area contributed by atoms with Crippen LogP contribution >= 0.6 is 0 Å². The van der Waals surface area contributed by atoms with E-state index in [-0.39, 0.29) is 5.91 Å². The number of amides is 1. The summed E-state index contributed by atoms with van der Waals surface area (Å²) >= 11 is 0. The SMILES string of the molecule is CC[C@@H]1CCCCN1CCCNC(=O)c1cc(-c2ccccn2)nc2ccccc12. The molecule has 0 aliphatic carbocycles. The minimum Gasteiger partial charge on any atom is -0.352 e. The number of aromatic nitrogens is 2. The van der Waals surface area contributed by atoms with Crippen LogP contribution in [0.2, 0.25) is 0 Å². The van der Waals surface area contributed by atoms with Gasteiger partial charge in [0.1, 0.15) is 0 Å². The van der Waals surface area contributed by atoms with Crippen molar-refractivity contribution < 1.29 is 4.79 Å². The average Bonchev–Trinajstić information content (AvgIpc) is 2.81. The molecule has 1 atom stereocenters. The summed E-state index contributed by atoms with van der Waals surface area (Å²) in [6.45, 7) is 5.20. The summed E-state index contributed by atoms with van der Waals surface area (Å²) in [6, 6.07) is 16.1. The van der Waals surface area contributed by atoms with Gasteiger partial charge in [-0.3, -0.25) is 9.78 Å². The van der Waals surface area contributed by atoms with Gasteiger partial charge in [-0.25, -0.2) is 4.98 Å². The molecule has 2 aromatic heterocycles. The first-order chi connectivity index (χ1) is 14.8. The number of nitrogens with one attached hydrogen (secondary N) is 1. The second-order valence-electron chi connectivity index (χ2n) is 7.99. The fourth-order valence-electron chi connectivity index (χ4n) is 4.40. The topological polar surface area (TPSA) is 58.1 Å². The highest BCUT2D eigenvalue weighted by Crippen LogP contribution is 2.24. The van der Waals surface area contributed by atoms with Gasteiger partial charge in [-0.1, -0.05) is 37.6 Å². The molecule has 1 aliphatic heterocycles. The molecule has 156 valence electrons. The molecular weight excluding hydrogens is 372 g/mol. The third-order valence-electron chi connectivity index (χ3n) is 6.02. The molecule has 0 spiro atoms. The van der Waals surface area contributed by atoms with Gasteiger partial charge >= 0.3 is 0 Å². The highest BCUT2D eigenvalue weighted by molar-refractivity contribution is 6.07. The largest absolute Gasteiger partial charge is 0.352 e. The van der Waals surface area contributed by atoms with Crippen molar-refractivity contribution in [3.8, 4) is 11.4 Å². The summed E-state index contributed by atoms with van der Waals surface area (Å²) in [5.41, 5.74) is 2.96. The van der Waals surface area contributed by atoms with Crippen LogP contribution < -0.4 is 5.32 Å². The molecule has 4 rings (SSSR count). The van der Waals surface area contributed by atoms with E-state index in [1.807, 2.05) is 48.5 Å². The van der Waals surface area contributed by atoms with Gasteiger partial charge in [0.15, 0.2) is 0 Å². The molecule has 0 unspecified atom stereocenters. The predicted molar refractivity (Wildman–Crippen MR) is 121 cm³/mol. The maximum absolute atomic E-state index is 13.0. The summed E-state index contributed by atoms with van der Waals surface area (Å²) in [5, 5.41) is 4.00. The number of nitrogens with zero attached hydrogens (tertiary/aromatic N) is 3. The lowest BCUT2D eigenvalue weighted by atomic mass is 10.00. The van der Waals surface area contributed by atoms with Crippen molar-refractivity contribution in [2.45, 2.75) is 45.1 Å². The molecule has 0 saturated carbocycles. The van der Waals surface area contributed by atoms with Gasteiger partial charge in [0.25, 0.3) is 5.91 Å². The number of hydrogen-bond acceptors (Lipinski definition) is 4. The van der Waals surface area contributed by atoms with E-state index < -0.39 is 0 Å². The second kappa shape index (κ2) is 9.81. The minimum atomic E-state index is -0.0449. The number of likely N-dealkylation sites (tertiary alicyclic amines) is 1. The van der Waals surface area contributed by atoms with Crippen LogP contribution in [-0.4, -0.2) is 46.5 Å². The van der Waals surface area contributed by atoms with Crippen LogP contribution in [0, 0.1) is 0 Å². The van der Waals surface area contributed by atoms with E-state index in [9.17, 15) is 4.79 Å². The number of piperidine rings is 1. The molecular formula is C25H30N4O. The predicted octanol–water partition coefficient (Wildman–Crippen LogP) is 4.68. The Morgan fingerprint density at radius 1 is 1.13 bits per heavy atom. The first kappa shape index (κ1) is 20.5. The van der Waals surface area contributed by atoms with Crippen molar-refractivity contribution >= 4 is 16.8 Å². The Kier molecular flexibility index (Phi) is 6.70. The van der Waals surface area contributed by atoms with E-state index in [1.54, 1.807) is 6.20 Å². The number of carbonyl (C=O) groups excluding carboxylic acids is 1. The van der Waals surface area contributed by atoms with E-state index in [0.717, 1.165) is 35.3 Å². The molecule has 1 fully saturated rings. The van der Waals surface area contributed by atoms with Crippen molar-refractivity contribution in [3.05, 3.63) is 60.3 Å². The Bertz CT molecular complexity index is 989. The Morgan fingerprint density at radius 2 is 2.00 bits per heavy atom. The van der Waals surface area contributed by atoms with E-state index in [0.29, 0.717) is 18.2 Å². The highest BCUT2D eigenvalue weighted by atomic mass is 16.1. The third kappa shape index (κ3) is 4.68. The first-order valence-electron chi connectivity index (χ1n) is 11.1. The maximum Gasteiger partial charge on any atom is 0.252 e. The van der Waals surface area contributed by atoms with Crippen LogP contribution in [0.1, 0.15) is 49.4 Å². The van der Waals surface area contributed by atoms with Gasteiger partial charge in [0.05, 0.1) is 22.5 Å². The number of carbonyl (C=O) groups is 1. The number of rotatable bonds is 7. The zero-order valence-corrected chi connectivity index (χ0v) is 17.7. The van der Waals surface area contributed by atoms with Crippen LogP contribution in [0.25, 0.3) is 22.3 Å². The summed E-state index contributed by atoms with van der Waals surface area (Å²) in [4.78, 5) is 24.7. The molecule has 1 amide bonds. The lowest BCUT2D eigenvalue weighted by molar-refractivity contribution is 0.0949. The summed E-state index contributed by atoms with van der Waals surface area (Å²) in [6.07, 6.45) is 7.88.